The number of anilines is 3. The van der Waals surface area contributed by atoms with Crippen LogP contribution in [-0.2, 0) is 23.2 Å². The van der Waals surface area contributed by atoms with Gasteiger partial charge >= 0.3 is 0 Å². The molecule has 56 heavy (non-hydrogen) atoms. The zero-order valence-corrected chi connectivity index (χ0v) is 31.9. The van der Waals surface area contributed by atoms with Crippen LogP contribution in [0.15, 0.2) is 151 Å². The van der Waals surface area contributed by atoms with Gasteiger partial charge in [0.25, 0.3) is 27.8 Å². The molecule has 5 aromatic carbocycles. The van der Waals surface area contributed by atoms with Crippen LogP contribution < -0.4 is 25.1 Å². The van der Waals surface area contributed by atoms with E-state index in [1.165, 1.54) is 12.1 Å². The number of aryl methyl sites for hydroxylation is 3. The number of pyridine rings is 2. The lowest BCUT2D eigenvalue weighted by Gasteiger charge is -2.09. The molecule has 7 aromatic rings. The van der Waals surface area contributed by atoms with Crippen LogP contribution in [0.5, 0.6) is 0 Å². The number of hydrogen-bond donors (Lipinski definition) is 4. The summed E-state index contributed by atoms with van der Waals surface area (Å²) in [5, 5.41) is 10.8. The van der Waals surface area contributed by atoms with Gasteiger partial charge in [-0.2, -0.15) is 17.6 Å². The normalized spacial score (nSPS) is 11.0. The van der Waals surface area contributed by atoms with Crippen LogP contribution in [-0.4, -0.2) is 30.7 Å². The van der Waals surface area contributed by atoms with Crippen molar-refractivity contribution in [3.63, 3.8) is 0 Å². The number of carbonyl (C=O) groups excluding carboxylic acids is 3. The summed E-state index contributed by atoms with van der Waals surface area (Å²) in [6.45, 7) is 7.74. The molecular weight excluding hydrogens is 727 g/mol. The fourth-order valence-electron chi connectivity index (χ4n) is 6.07. The highest BCUT2D eigenvalue weighted by atomic mass is 32.2. The molecule has 4 N–H and O–H groups in total. The summed E-state index contributed by atoms with van der Waals surface area (Å²) in [5.74, 6) is -0.824. The van der Waals surface area contributed by atoms with Crippen LogP contribution in [0.25, 0.3) is 21.8 Å². The number of carbonyl (C=O) groups is 3. The van der Waals surface area contributed by atoms with E-state index in [0.717, 1.165) is 40.5 Å². The first-order chi connectivity index (χ1) is 26.9. The van der Waals surface area contributed by atoms with Gasteiger partial charge in [-0.15, -0.1) is 0 Å². The molecular formula is C44H41N5O6S+2. The summed E-state index contributed by atoms with van der Waals surface area (Å²) in [4.78, 5) is 38.6. The summed E-state index contributed by atoms with van der Waals surface area (Å²) < 4.78 is 33.8. The third-order valence-corrected chi connectivity index (χ3v) is 9.96. The van der Waals surface area contributed by atoms with Crippen LogP contribution in [0.3, 0.4) is 0 Å². The Labute approximate surface area is 325 Å². The minimum atomic E-state index is -4.02. The predicted molar refractivity (Wildman–Crippen MR) is 217 cm³/mol. The summed E-state index contributed by atoms with van der Waals surface area (Å²) in [5.41, 5.74) is 6.42. The van der Waals surface area contributed by atoms with Crippen molar-refractivity contribution in [3.8, 4) is 0 Å². The van der Waals surface area contributed by atoms with E-state index in [9.17, 15) is 22.8 Å². The highest BCUT2D eigenvalue weighted by Crippen LogP contribution is 2.20. The summed E-state index contributed by atoms with van der Waals surface area (Å²) in [7, 11) is -4.02. The molecule has 0 saturated carbocycles. The Bertz CT molecular complexity index is 2660. The third-order valence-electron chi connectivity index (χ3n) is 9.09. The van der Waals surface area contributed by atoms with Crippen LogP contribution in [0, 0.1) is 6.92 Å². The van der Waals surface area contributed by atoms with E-state index in [-0.39, 0.29) is 22.6 Å². The molecule has 0 aliphatic heterocycles. The van der Waals surface area contributed by atoms with Crippen LogP contribution >= 0.6 is 0 Å². The molecule has 0 bridgehead atoms. The number of amides is 3. The number of aromatic nitrogens is 2. The van der Waals surface area contributed by atoms with Crippen LogP contribution in [0.4, 0.5) is 17.1 Å². The minimum absolute atomic E-state index is 0.0666. The zero-order valence-electron chi connectivity index (χ0n) is 31.1. The quantitative estimate of drug-likeness (QED) is 0.0878. The van der Waals surface area contributed by atoms with Crippen molar-refractivity contribution in [2.75, 3.05) is 16.0 Å². The molecule has 2 heterocycles. The van der Waals surface area contributed by atoms with E-state index in [0.29, 0.717) is 33.8 Å². The van der Waals surface area contributed by atoms with E-state index in [1.807, 2.05) is 80.0 Å². The standard InChI is InChI=1S/C37H31N5O3.C7H8O3S/c1-3-41-21-5-7-28-23-31(17-19-33(28)41)39-36(44)26-11-9-25(10-12-26)35(43)38-30-15-13-27(14-16-30)37(45)40-32-18-20-34-29(24-32)8-6-22-42(34)4-2;1-6-2-4-7(5-3-6)11(8,9)10/h5-24H,3-4H2,1-2H3,(H-2,38,39,40,43,44,45);2-5H,1H3,(H,8,9,10)/p+2. The third kappa shape index (κ3) is 9.48. The molecule has 7 rings (SSSR count). The number of benzene rings is 5. The predicted octanol–water partition coefficient (Wildman–Crippen LogP) is 7.61. The molecule has 282 valence electrons. The van der Waals surface area contributed by atoms with E-state index in [2.05, 4.69) is 38.9 Å². The Morgan fingerprint density at radius 3 is 1.30 bits per heavy atom. The molecule has 3 amide bonds. The lowest BCUT2D eigenvalue weighted by Crippen LogP contribution is -2.32. The smallest absolute Gasteiger partial charge is 0.294 e. The molecule has 0 spiro atoms. The van der Waals surface area contributed by atoms with Crippen molar-refractivity contribution in [2.24, 2.45) is 0 Å². The number of nitrogens with one attached hydrogen (secondary N) is 3. The molecule has 0 atom stereocenters. The fraction of sp³-hybridized carbons (Fsp3) is 0.114. The van der Waals surface area contributed by atoms with Gasteiger partial charge in [-0.1, -0.05) is 17.7 Å². The lowest BCUT2D eigenvalue weighted by atomic mass is 10.1. The lowest BCUT2D eigenvalue weighted by molar-refractivity contribution is -0.668. The highest BCUT2D eigenvalue weighted by molar-refractivity contribution is 7.85. The van der Waals surface area contributed by atoms with Crippen molar-refractivity contribution in [1.29, 1.82) is 0 Å². The van der Waals surface area contributed by atoms with E-state index >= 15 is 0 Å². The van der Waals surface area contributed by atoms with Gasteiger partial charge in [0.1, 0.15) is 13.1 Å². The molecule has 11 nitrogen and oxygen atoms in total. The van der Waals surface area contributed by atoms with Crippen molar-refractivity contribution in [1.82, 2.24) is 0 Å². The Morgan fingerprint density at radius 1 is 0.536 bits per heavy atom. The van der Waals surface area contributed by atoms with E-state index < -0.39 is 10.1 Å². The van der Waals surface area contributed by atoms with Gasteiger partial charge < -0.3 is 16.0 Å². The van der Waals surface area contributed by atoms with Crippen LogP contribution in [0.1, 0.15) is 50.5 Å². The molecule has 0 unspecified atom stereocenters. The number of hydrogen-bond acceptors (Lipinski definition) is 5. The average molecular weight is 768 g/mol. The average Bonchev–Trinajstić information content (AvgIpc) is 3.20. The van der Waals surface area contributed by atoms with Crippen molar-refractivity contribution in [2.45, 2.75) is 38.8 Å². The van der Waals surface area contributed by atoms with Gasteiger partial charge in [0.2, 0.25) is 11.0 Å². The first-order valence-electron chi connectivity index (χ1n) is 17.9. The molecule has 0 radical (unpaired) electrons. The summed E-state index contributed by atoms with van der Waals surface area (Å²) >= 11 is 0. The van der Waals surface area contributed by atoms with E-state index in [1.54, 1.807) is 60.7 Å². The maximum absolute atomic E-state index is 12.9. The first-order valence-corrected chi connectivity index (χ1v) is 19.4. The van der Waals surface area contributed by atoms with E-state index in [4.69, 9.17) is 4.55 Å². The Balaban J connectivity index is 0.000000417. The monoisotopic (exact) mass is 767 g/mol. The van der Waals surface area contributed by atoms with Gasteiger partial charge in [0, 0.05) is 68.8 Å². The molecule has 0 aliphatic carbocycles. The molecule has 12 heteroatoms. The van der Waals surface area contributed by atoms with Crippen molar-refractivity contribution >= 4 is 66.7 Å². The first kappa shape index (κ1) is 38.9. The van der Waals surface area contributed by atoms with Gasteiger partial charge in [-0.25, -0.2) is 0 Å². The number of rotatable bonds is 9. The Morgan fingerprint density at radius 2 is 0.911 bits per heavy atom. The molecule has 2 aromatic heterocycles. The number of nitrogens with zero attached hydrogens (tertiary/aromatic N) is 2. The van der Waals surface area contributed by atoms with Crippen molar-refractivity contribution < 1.29 is 36.5 Å². The van der Waals surface area contributed by atoms with Gasteiger partial charge in [0.05, 0.1) is 4.90 Å². The topological polar surface area (TPSA) is 149 Å². The molecule has 0 aliphatic rings. The molecule has 0 fully saturated rings. The maximum Gasteiger partial charge on any atom is 0.294 e. The maximum atomic E-state index is 12.9. The van der Waals surface area contributed by atoms with Gasteiger partial charge in [-0.05, 0) is 118 Å². The highest BCUT2D eigenvalue weighted by Gasteiger charge is 2.14. The summed E-state index contributed by atoms with van der Waals surface area (Å²) in [6.07, 6.45) is 4.06. The largest absolute Gasteiger partial charge is 0.322 e. The Hall–Kier alpha value is -6.76. The second-order valence-electron chi connectivity index (χ2n) is 12.9. The second-order valence-corrected chi connectivity index (χ2v) is 14.4. The SMILES string of the molecule is CC[n+]1cccc2cc(NC(=O)c3ccc(NC(=O)c4ccc(C(=O)Nc5ccc6c(ccc[n+]6CC)c5)cc4)cc3)ccc21.Cc1ccc(S(=O)(=O)O)cc1. The van der Waals surface area contributed by atoms with Crippen LogP contribution in [0.2, 0.25) is 0 Å². The Kier molecular flexibility index (Phi) is 11.9. The van der Waals surface area contributed by atoms with Gasteiger partial charge in [0.15, 0.2) is 12.4 Å². The second kappa shape index (κ2) is 17.1. The van der Waals surface area contributed by atoms with Crippen molar-refractivity contribution in [3.05, 3.63) is 168 Å². The summed E-state index contributed by atoms with van der Waals surface area (Å²) in [6, 6.07) is 38.8. The number of fused-ring (bicyclic) bond motifs is 2. The zero-order chi connectivity index (χ0) is 39.8. The molecule has 0 saturated heterocycles. The minimum Gasteiger partial charge on any atom is -0.322 e. The van der Waals surface area contributed by atoms with Gasteiger partial charge in [-0.3, -0.25) is 18.9 Å². The fourth-order valence-corrected chi connectivity index (χ4v) is 6.55.